The molecule has 2 heterocycles. The van der Waals surface area contributed by atoms with Crippen LogP contribution in [0.15, 0.2) is 28.7 Å². The third-order valence-electron chi connectivity index (χ3n) is 4.40. The maximum atomic E-state index is 11.8. The first-order valence-corrected chi connectivity index (χ1v) is 9.20. The van der Waals surface area contributed by atoms with Crippen LogP contribution >= 0.6 is 23.8 Å². The number of benzene rings is 1. The molecule has 1 aromatic heterocycles. The maximum absolute atomic E-state index is 11.8. The zero-order valence-electron chi connectivity index (χ0n) is 14.0. The summed E-state index contributed by atoms with van der Waals surface area (Å²) in [4.78, 5) is 13.5. The molecule has 1 N–H and O–H groups in total. The second-order valence-electron chi connectivity index (χ2n) is 6.09. The number of ether oxygens (including phenoxy) is 1. The van der Waals surface area contributed by atoms with Gasteiger partial charge >= 0.3 is 5.97 Å². The lowest BCUT2D eigenvalue weighted by Gasteiger charge is -2.27. The first kappa shape index (κ1) is 18.1. The van der Waals surface area contributed by atoms with Crippen molar-refractivity contribution in [1.29, 1.82) is 0 Å². The van der Waals surface area contributed by atoms with Crippen molar-refractivity contribution < 1.29 is 18.8 Å². The van der Waals surface area contributed by atoms with Gasteiger partial charge in [0, 0.05) is 12.8 Å². The Bertz CT molecular complexity index is 796. The van der Waals surface area contributed by atoms with Gasteiger partial charge in [-0.1, -0.05) is 23.7 Å². The highest BCUT2D eigenvalue weighted by molar-refractivity contribution is 7.71. The highest BCUT2D eigenvalue weighted by Gasteiger charge is 2.29. The highest BCUT2D eigenvalue weighted by atomic mass is 35.5. The van der Waals surface area contributed by atoms with Crippen LogP contribution in [0, 0.1) is 10.8 Å². The molecule has 6 nitrogen and oxygen atoms in total. The Kier molecular flexibility index (Phi) is 5.88. The van der Waals surface area contributed by atoms with Gasteiger partial charge in [0.1, 0.15) is 0 Å². The molecule has 0 atom stereocenters. The van der Waals surface area contributed by atoms with Crippen molar-refractivity contribution in [3.8, 4) is 11.5 Å². The Morgan fingerprint density at radius 3 is 2.84 bits per heavy atom. The Balaban J connectivity index is 1.64. The van der Waals surface area contributed by atoms with E-state index in [0.717, 1.165) is 31.5 Å². The summed E-state index contributed by atoms with van der Waals surface area (Å²) in [6.07, 6.45) is 1.63. The predicted octanol–water partition coefficient (Wildman–Crippen LogP) is 2.34. The van der Waals surface area contributed by atoms with Crippen molar-refractivity contribution in [3.05, 3.63) is 34.1 Å². The minimum atomic E-state index is -0.0828. The molecule has 1 aliphatic rings. The number of likely N-dealkylation sites (tertiary alicyclic amines) is 1. The van der Waals surface area contributed by atoms with E-state index in [1.807, 2.05) is 25.1 Å². The number of carbonyl (C=O) groups excluding carboxylic acids is 1. The summed E-state index contributed by atoms with van der Waals surface area (Å²) >= 11 is 11.5. The fourth-order valence-corrected chi connectivity index (χ4v) is 3.44. The van der Waals surface area contributed by atoms with Gasteiger partial charge in [-0.05, 0) is 31.3 Å². The van der Waals surface area contributed by atoms with Gasteiger partial charge in [-0.15, -0.1) is 5.10 Å². The molecule has 1 aromatic carbocycles. The minimum absolute atomic E-state index is 0.00710. The number of piperidine rings is 1. The van der Waals surface area contributed by atoms with Gasteiger partial charge in [0.2, 0.25) is 5.89 Å². The zero-order valence-corrected chi connectivity index (χ0v) is 15.6. The molecule has 25 heavy (non-hydrogen) atoms. The molecule has 0 amide bonds. The summed E-state index contributed by atoms with van der Waals surface area (Å²) < 4.78 is 12.4. The van der Waals surface area contributed by atoms with Gasteiger partial charge in [-0.2, -0.15) is 4.68 Å². The fraction of sp³-hybridized carbons (Fsp3) is 0.471. The quantitative estimate of drug-likeness (QED) is 0.635. The Morgan fingerprint density at radius 2 is 2.16 bits per heavy atom. The Hall–Kier alpha value is -1.70. The van der Waals surface area contributed by atoms with Gasteiger partial charge in [-0.3, -0.25) is 4.79 Å². The van der Waals surface area contributed by atoms with Crippen LogP contribution in [0.1, 0.15) is 19.8 Å². The number of rotatable bonds is 5. The molecular formula is C17H21ClN3O3S+. The molecule has 134 valence electrons. The molecule has 1 fully saturated rings. The van der Waals surface area contributed by atoms with Gasteiger partial charge in [0.25, 0.3) is 4.84 Å². The first-order chi connectivity index (χ1) is 12.1. The second-order valence-corrected chi connectivity index (χ2v) is 6.84. The van der Waals surface area contributed by atoms with Crippen molar-refractivity contribution in [2.75, 3.05) is 19.7 Å². The lowest BCUT2D eigenvalue weighted by atomic mass is 9.97. The van der Waals surface area contributed by atoms with Crippen molar-refractivity contribution in [3.63, 3.8) is 0 Å². The van der Waals surface area contributed by atoms with Crippen molar-refractivity contribution >= 4 is 29.8 Å². The largest absolute Gasteiger partial charge is 0.466 e. The van der Waals surface area contributed by atoms with Crippen LogP contribution in [0.25, 0.3) is 11.5 Å². The van der Waals surface area contributed by atoms with E-state index in [-0.39, 0.29) is 11.9 Å². The summed E-state index contributed by atoms with van der Waals surface area (Å²) in [7, 11) is 0. The molecule has 8 heteroatoms. The normalized spacial score (nSPS) is 20.4. The number of nitrogens with one attached hydrogen (secondary N) is 1. The lowest BCUT2D eigenvalue weighted by molar-refractivity contribution is -0.929. The van der Waals surface area contributed by atoms with Crippen LogP contribution in [0.2, 0.25) is 5.02 Å². The molecule has 0 radical (unpaired) electrons. The first-order valence-electron chi connectivity index (χ1n) is 8.41. The monoisotopic (exact) mass is 382 g/mol. The number of quaternary nitrogens is 1. The third kappa shape index (κ3) is 4.29. The molecule has 1 saturated heterocycles. The van der Waals surface area contributed by atoms with Crippen LogP contribution in [0.4, 0.5) is 0 Å². The summed E-state index contributed by atoms with van der Waals surface area (Å²) in [5.41, 5.74) is 0.727. The van der Waals surface area contributed by atoms with Crippen LogP contribution < -0.4 is 4.90 Å². The van der Waals surface area contributed by atoms with Gasteiger partial charge in [0.15, 0.2) is 6.67 Å². The number of halogens is 1. The maximum Gasteiger partial charge on any atom is 0.309 e. The van der Waals surface area contributed by atoms with Crippen LogP contribution in [-0.2, 0) is 16.2 Å². The van der Waals surface area contributed by atoms with Crippen LogP contribution in [-0.4, -0.2) is 35.4 Å². The summed E-state index contributed by atoms with van der Waals surface area (Å²) in [5.74, 6) is 0.352. The smallest absolute Gasteiger partial charge is 0.309 e. The zero-order chi connectivity index (χ0) is 17.8. The van der Waals surface area contributed by atoms with Crippen molar-refractivity contribution in [1.82, 2.24) is 9.78 Å². The van der Waals surface area contributed by atoms with Gasteiger partial charge < -0.3 is 14.1 Å². The Morgan fingerprint density at radius 1 is 1.44 bits per heavy atom. The van der Waals surface area contributed by atoms with E-state index < -0.39 is 0 Å². The van der Waals surface area contributed by atoms with E-state index in [0.29, 0.717) is 29.0 Å². The number of nitrogens with zero attached hydrogens (tertiary/aromatic N) is 2. The summed E-state index contributed by atoms with van der Waals surface area (Å²) in [5, 5.41) is 5.04. The van der Waals surface area contributed by atoms with E-state index in [1.54, 1.807) is 10.7 Å². The number of carbonyl (C=O) groups is 1. The lowest BCUT2D eigenvalue weighted by Crippen LogP contribution is -3.12. The molecule has 1 aliphatic heterocycles. The Labute approximate surface area is 156 Å². The van der Waals surface area contributed by atoms with E-state index in [1.165, 1.54) is 4.90 Å². The van der Waals surface area contributed by atoms with E-state index in [9.17, 15) is 4.79 Å². The molecular weight excluding hydrogens is 362 g/mol. The number of esters is 1. The SMILES string of the molecule is CCOC(=O)C1CC[NH+](Cn2nc(-c3ccccc3Cl)oc2=S)CC1. The fourth-order valence-electron chi connectivity index (χ4n) is 3.04. The minimum Gasteiger partial charge on any atom is -0.466 e. The number of hydrogen-bond acceptors (Lipinski definition) is 5. The molecule has 3 rings (SSSR count). The average Bonchev–Trinajstić information content (AvgIpc) is 2.96. The van der Waals surface area contributed by atoms with Crippen molar-refractivity contribution in [2.24, 2.45) is 5.92 Å². The van der Waals surface area contributed by atoms with E-state index in [4.69, 9.17) is 33.0 Å². The van der Waals surface area contributed by atoms with Gasteiger partial charge in [0.05, 0.1) is 36.2 Å². The van der Waals surface area contributed by atoms with Gasteiger partial charge in [-0.25, -0.2) is 0 Å². The van der Waals surface area contributed by atoms with Crippen LogP contribution in [0.5, 0.6) is 0 Å². The van der Waals surface area contributed by atoms with E-state index >= 15 is 0 Å². The molecule has 0 saturated carbocycles. The molecule has 2 aromatic rings. The van der Waals surface area contributed by atoms with Crippen molar-refractivity contribution in [2.45, 2.75) is 26.4 Å². The molecule has 0 spiro atoms. The second kappa shape index (κ2) is 8.12. The average molecular weight is 383 g/mol. The molecule has 0 bridgehead atoms. The third-order valence-corrected chi connectivity index (χ3v) is 5.02. The summed E-state index contributed by atoms with van der Waals surface area (Å²) in [6.45, 7) is 4.63. The van der Waals surface area contributed by atoms with E-state index in [2.05, 4.69) is 5.10 Å². The topological polar surface area (TPSA) is 61.7 Å². The highest BCUT2D eigenvalue weighted by Crippen LogP contribution is 2.26. The standard InChI is InChI=1S/C17H20ClN3O3S/c1-2-23-16(22)12-7-9-20(10-8-12)11-21-17(25)24-15(19-21)13-5-3-4-6-14(13)18/h3-6,12H,2,7-11H2,1H3/p+1. The summed E-state index contributed by atoms with van der Waals surface area (Å²) in [6, 6.07) is 7.38. The molecule has 0 unspecified atom stereocenters. The predicted molar refractivity (Wildman–Crippen MR) is 95.8 cm³/mol. The number of aromatic nitrogens is 2. The van der Waals surface area contributed by atoms with Crippen LogP contribution in [0.3, 0.4) is 0 Å². The number of hydrogen-bond donors (Lipinski definition) is 1. The molecule has 0 aliphatic carbocycles.